The van der Waals surface area contributed by atoms with Crippen molar-refractivity contribution < 1.29 is 9.21 Å². The molecule has 0 saturated carbocycles. The number of furan rings is 1. The van der Waals surface area contributed by atoms with Gasteiger partial charge in [0.2, 0.25) is 0 Å². The molecule has 0 unspecified atom stereocenters. The van der Waals surface area contributed by atoms with Gasteiger partial charge in [-0.1, -0.05) is 23.9 Å². The first-order chi connectivity index (χ1) is 11.6. The van der Waals surface area contributed by atoms with Crippen LogP contribution in [-0.2, 0) is 12.3 Å². The number of H-pyrrole nitrogens is 1. The Morgan fingerprint density at radius 2 is 2.08 bits per heavy atom. The fourth-order valence-electron chi connectivity index (χ4n) is 2.12. The van der Waals surface area contributed by atoms with Crippen LogP contribution < -0.4 is 0 Å². The summed E-state index contributed by atoms with van der Waals surface area (Å²) in [6, 6.07) is 11.2. The number of aromatic amines is 1. The lowest BCUT2D eigenvalue weighted by Gasteiger charge is -2.16. The molecule has 0 aliphatic carbocycles. The first kappa shape index (κ1) is 16.8. The van der Waals surface area contributed by atoms with Crippen LogP contribution in [0.2, 0.25) is 0 Å². The van der Waals surface area contributed by atoms with Crippen LogP contribution in [-0.4, -0.2) is 33.0 Å². The number of amides is 1. The lowest BCUT2D eigenvalue weighted by atomic mass is 10.1. The smallest absolute Gasteiger partial charge is 0.254 e. The summed E-state index contributed by atoms with van der Waals surface area (Å²) in [6.45, 7) is 0.424. The molecular weight excluding hydrogens is 392 g/mol. The Hall–Kier alpha value is -2.06. The highest BCUT2D eigenvalue weighted by Gasteiger charge is 2.13. The Bertz CT molecular complexity index is 802. The van der Waals surface area contributed by atoms with Crippen LogP contribution in [0.3, 0.4) is 0 Å². The van der Waals surface area contributed by atoms with E-state index in [1.807, 2.05) is 36.4 Å². The molecule has 8 heteroatoms. The van der Waals surface area contributed by atoms with Crippen molar-refractivity contribution in [1.29, 1.82) is 0 Å². The van der Waals surface area contributed by atoms with Crippen LogP contribution in [0, 0.1) is 0 Å². The molecule has 0 atom stereocenters. The molecule has 1 aromatic carbocycles. The Morgan fingerprint density at radius 3 is 2.71 bits per heavy atom. The fraction of sp³-hybridized carbons (Fsp3) is 0.188. The number of rotatable bonds is 6. The summed E-state index contributed by atoms with van der Waals surface area (Å²) < 4.78 is 6.09. The van der Waals surface area contributed by atoms with Gasteiger partial charge in [0.25, 0.3) is 5.91 Å². The predicted octanol–water partition coefficient (Wildman–Crippen LogP) is 3.72. The summed E-state index contributed by atoms with van der Waals surface area (Å²) in [7, 11) is 1.76. The molecular formula is C16H15BrN4O2S. The second-order valence-corrected chi connectivity index (χ2v) is 6.89. The lowest BCUT2D eigenvalue weighted by Crippen LogP contribution is -2.25. The predicted molar refractivity (Wildman–Crippen MR) is 94.6 cm³/mol. The SMILES string of the molecule is CN(Cc1ccc(Br)o1)C(=O)c1ccc(CSc2ncn[nH]2)cc1. The third-order valence-corrected chi connectivity index (χ3v) is 4.71. The van der Waals surface area contributed by atoms with Gasteiger partial charge >= 0.3 is 0 Å². The number of carbonyl (C=O) groups excluding carboxylic acids is 1. The highest BCUT2D eigenvalue weighted by molar-refractivity contribution is 9.10. The number of nitrogens with zero attached hydrogens (tertiary/aromatic N) is 3. The van der Waals surface area contributed by atoms with Gasteiger partial charge in [-0.3, -0.25) is 9.89 Å². The monoisotopic (exact) mass is 406 g/mol. The van der Waals surface area contributed by atoms with Crippen LogP contribution in [0.15, 0.2) is 57.0 Å². The van der Waals surface area contributed by atoms with E-state index >= 15 is 0 Å². The average Bonchev–Trinajstić information content (AvgIpc) is 3.24. The summed E-state index contributed by atoms with van der Waals surface area (Å²) >= 11 is 4.82. The van der Waals surface area contributed by atoms with Crippen molar-refractivity contribution in [2.45, 2.75) is 17.5 Å². The van der Waals surface area contributed by atoms with Gasteiger partial charge < -0.3 is 9.32 Å². The van der Waals surface area contributed by atoms with Crippen LogP contribution in [0.1, 0.15) is 21.7 Å². The van der Waals surface area contributed by atoms with Gasteiger partial charge in [0, 0.05) is 18.4 Å². The van der Waals surface area contributed by atoms with Gasteiger partial charge in [-0.2, -0.15) is 5.10 Å². The largest absolute Gasteiger partial charge is 0.452 e. The molecule has 2 heterocycles. The Balaban J connectivity index is 1.58. The first-order valence-electron chi connectivity index (χ1n) is 7.18. The molecule has 2 aromatic heterocycles. The van der Waals surface area contributed by atoms with Crippen LogP contribution in [0.5, 0.6) is 0 Å². The van der Waals surface area contributed by atoms with Crippen molar-refractivity contribution in [2.24, 2.45) is 0 Å². The molecule has 0 spiro atoms. The molecule has 1 amide bonds. The van der Waals surface area contributed by atoms with E-state index in [1.165, 1.54) is 6.33 Å². The molecule has 0 saturated heterocycles. The summed E-state index contributed by atoms with van der Waals surface area (Å²) in [5.41, 5.74) is 1.77. The quantitative estimate of drug-likeness (QED) is 0.631. The molecule has 24 heavy (non-hydrogen) atoms. The maximum absolute atomic E-state index is 12.5. The third-order valence-electron chi connectivity index (χ3n) is 3.34. The van der Waals surface area contributed by atoms with Crippen molar-refractivity contribution in [1.82, 2.24) is 20.1 Å². The topological polar surface area (TPSA) is 75.0 Å². The van der Waals surface area contributed by atoms with Crippen LogP contribution in [0.25, 0.3) is 0 Å². The van der Waals surface area contributed by atoms with Gasteiger partial charge in [0.15, 0.2) is 9.83 Å². The molecule has 3 aromatic rings. The average molecular weight is 407 g/mol. The van der Waals surface area contributed by atoms with Crippen molar-refractivity contribution in [3.8, 4) is 0 Å². The zero-order valence-electron chi connectivity index (χ0n) is 12.9. The van der Waals surface area contributed by atoms with E-state index < -0.39 is 0 Å². The molecule has 6 nitrogen and oxygen atoms in total. The van der Waals surface area contributed by atoms with Gasteiger partial charge in [-0.25, -0.2) is 4.98 Å². The second-order valence-electron chi connectivity index (χ2n) is 5.14. The van der Waals surface area contributed by atoms with Gasteiger partial charge in [-0.15, -0.1) is 0 Å². The maximum Gasteiger partial charge on any atom is 0.254 e. The van der Waals surface area contributed by atoms with Crippen molar-refractivity contribution in [2.75, 3.05) is 7.05 Å². The van der Waals surface area contributed by atoms with Gasteiger partial charge in [0.1, 0.15) is 12.1 Å². The van der Waals surface area contributed by atoms with Crippen molar-refractivity contribution >= 4 is 33.6 Å². The number of thioether (sulfide) groups is 1. The van der Waals surface area contributed by atoms with E-state index in [0.717, 1.165) is 22.2 Å². The third kappa shape index (κ3) is 4.27. The maximum atomic E-state index is 12.5. The van der Waals surface area contributed by atoms with E-state index in [2.05, 4.69) is 31.1 Å². The number of halogens is 1. The van der Waals surface area contributed by atoms with E-state index in [9.17, 15) is 4.79 Å². The van der Waals surface area contributed by atoms with Crippen LogP contribution in [0.4, 0.5) is 0 Å². The second kappa shape index (κ2) is 7.67. The molecule has 0 radical (unpaired) electrons. The van der Waals surface area contributed by atoms with E-state index in [1.54, 1.807) is 23.7 Å². The van der Waals surface area contributed by atoms with Crippen molar-refractivity contribution in [3.63, 3.8) is 0 Å². The summed E-state index contributed by atoms with van der Waals surface area (Å²) in [4.78, 5) is 18.1. The minimum Gasteiger partial charge on any atom is -0.452 e. The number of benzene rings is 1. The minimum atomic E-state index is -0.0445. The molecule has 0 bridgehead atoms. The Labute approximate surface area is 151 Å². The number of nitrogens with one attached hydrogen (secondary N) is 1. The number of hydrogen-bond donors (Lipinski definition) is 1. The first-order valence-corrected chi connectivity index (χ1v) is 8.96. The van der Waals surface area contributed by atoms with Crippen LogP contribution >= 0.6 is 27.7 Å². The molecule has 3 rings (SSSR count). The number of hydrogen-bond acceptors (Lipinski definition) is 5. The molecule has 1 N–H and O–H groups in total. The normalized spacial score (nSPS) is 10.8. The summed E-state index contributed by atoms with van der Waals surface area (Å²) in [5, 5.41) is 7.39. The fourth-order valence-corrected chi connectivity index (χ4v) is 3.20. The van der Waals surface area contributed by atoms with Crippen molar-refractivity contribution in [3.05, 3.63) is 64.3 Å². The van der Waals surface area contributed by atoms with E-state index in [-0.39, 0.29) is 5.91 Å². The lowest BCUT2D eigenvalue weighted by molar-refractivity contribution is 0.0775. The zero-order valence-corrected chi connectivity index (χ0v) is 15.3. The minimum absolute atomic E-state index is 0.0445. The zero-order chi connectivity index (χ0) is 16.9. The summed E-state index contributed by atoms with van der Waals surface area (Å²) in [6.07, 6.45) is 1.48. The standard InChI is InChI=1S/C16H15BrN4O2S/c1-21(8-13-6-7-14(17)23-13)15(22)12-4-2-11(3-5-12)9-24-16-18-10-19-20-16/h2-7,10H,8-9H2,1H3,(H,18,19,20). The highest BCUT2D eigenvalue weighted by Crippen LogP contribution is 2.19. The molecule has 0 fully saturated rings. The Kier molecular flexibility index (Phi) is 5.37. The molecule has 0 aliphatic rings. The highest BCUT2D eigenvalue weighted by atomic mass is 79.9. The summed E-state index contributed by atoms with van der Waals surface area (Å²) in [5.74, 6) is 1.45. The molecule has 124 valence electrons. The van der Waals surface area contributed by atoms with E-state index in [4.69, 9.17) is 4.42 Å². The number of aromatic nitrogens is 3. The Morgan fingerprint density at radius 1 is 1.29 bits per heavy atom. The number of carbonyl (C=O) groups is 1. The van der Waals surface area contributed by atoms with Gasteiger partial charge in [0.05, 0.1) is 6.54 Å². The van der Waals surface area contributed by atoms with E-state index in [0.29, 0.717) is 16.8 Å². The molecule has 0 aliphatic heterocycles. The van der Waals surface area contributed by atoms with Gasteiger partial charge in [-0.05, 0) is 45.8 Å².